The summed E-state index contributed by atoms with van der Waals surface area (Å²) in [7, 11) is 2.02. The molecule has 0 unspecified atom stereocenters. The first-order valence-corrected chi connectivity index (χ1v) is 10.8. The van der Waals surface area contributed by atoms with Crippen LogP contribution >= 0.6 is 22.7 Å². The molecule has 26 heavy (non-hydrogen) atoms. The predicted octanol–water partition coefficient (Wildman–Crippen LogP) is 4.38. The number of rotatable bonds is 6. The summed E-state index contributed by atoms with van der Waals surface area (Å²) in [6.07, 6.45) is 7.00. The maximum absolute atomic E-state index is 13.0. The van der Waals surface area contributed by atoms with Crippen LogP contribution in [-0.2, 0) is 23.7 Å². The number of carbonyl (C=O) groups is 1. The number of imidazole rings is 1. The van der Waals surface area contributed by atoms with Crippen molar-refractivity contribution < 1.29 is 4.79 Å². The summed E-state index contributed by atoms with van der Waals surface area (Å²) in [5.41, 5.74) is 0.701. The summed E-state index contributed by atoms with van der Waals surface area (Å²) in [5, 5.41) is 7.33. The molecule has 136 valence electrons. The van der Waals surface area contributed by atoms with Crippen LogP contribution < -0.4 is 5.32 Å². The number of amides is 1. The lowest BCUT2D eigenvalue weighted by molar-refractivity contribution is -0.126. The zero-order valence-corrected chi connectivity index (χ0v) is 16.5. The van der Waals surface area contributed by atoms with Gasteiger partial charge in [0.25, 0.3) is 0 Å². The molecule has 4 rings (SSSR count). The van der Waals surface area contributed by atoms with E-state index in [0.29, 0.717) is 6.54 Å². The Labute approximate surface area is 161 Å². The number of nitrogens with one attached hydrogen (secondary N) is 1. The lowest BCUT2D eigenvalue weighted by Crippen LogP contribution is -2.42. The molecule has 3 heterocycles. The quantitative estimate of drug-likeness (QED) is 0.684. The highest BCUT2D eigenvalue weighted by Crippen LogP contribution is 2.43. The number of hydrogen-bond acceptors (Lipinski definition) is 4. The topological polar surface area (TPSA) is 46.9 Å². The van der Waals surface area contributed by atoms with E-state index in [2.05, 4.69) is 39.0 Å². The molecule has 1 N–H and O–H groups in total. The van der Waals surface area contributed by atoms with Crippen molar-refractivity contribution in [2.75, 3.05) is 6.54 Å². The van der Waals surface area contributed by atoms with Gasteiger partial charge in [-0.2, -0.15) is 0 Å². The summed E-state index contributed by atoms with van der Waals surface area (Å²) in [6.45, 7) is 0.626. The van der Waals surface area contributed by atoms with E-state index in [-0.39, 0.29) is 11.3 Å². The van der Waals surface area contributed by atoms with Crippen molar-refractivity contribution in [1.29, 1.82) is 0 Å². The van der Waals surface area contributed by atoms with Crippen molar-refractivity contribution in [3.8, 4) is 10.6 Å². The molecular formula is C20H23N3OS2. The van der Waals surface area contributed by atoms with Crippen LogP contribution in [0.1, 0.15) is 36.4 Å². The van der Waals surface area contributed by atoms with Crippen molar-refractivity contribution in [1.82, 2.24) is 14.9 Å². The normalized spacial score (nSPS) is 16.0. The van der Waals surface area contributed by atoms with E-state index in [1.807, 2.05) is 19.2 Å². The van der Waals surface area contributed by atoms with E-state index in [9.17, 15) is 4.79 Å². The number of aromatic nitrogens is 2. The van der Waals surface area contributed by atoms with E-state index in [1.165, 1.54) is 9.75 Å². The summed E-state index contributed by atoms with van der Waals surface area (Å²) in [4.78, 5) is 20.1. The van der Waals surface area contributed by atoms with Crippen LogP contribution in [0.25, 0.3) is 10.6 Å². The van der Waals surface area contributed by atoms with E-state index in [4.69, 9.17) is 4.98 Å². The van der Waals surface area contributed by atoms with E-state index >= 15 is 0 Å². The molecule has 0 bridgehead atoms. The van der Waals surface area contributed by atoms with Gasteiger partial charge in [-0.15, -0.1) is 22.7 Å². The smallest absolute Gasteiger partial charge is 0.231 e. The Balaban J connectivity index is 1.41. The number of thiophene rings is 2. The van der Waals surface area contributed by atoms with Gasteiger partial charge in [0.1, 0.15) is 5.82 Å². The monoisotopic (exact) mass is 385 g/mol. The van der Waals surface area contributed by atoms with E-state index in [1.54, 1.807) is 22.7 Å². The molecule has 0 aromatic carbocycles. The van der Waals surface area contributed by atoms with E-state index in [0.717, 1.165) is 43.6 Å². The van der Waals surface area contributed by atoms with Crippen molar-refractivity contribution in [2.45, 2.75) is 37.5 Å². The molecule has 1 fully saturated rings. The van der Waals surface area contributed by atoms with Crippen LogP contribution in [0.2, 0.25) is 0 Å². The molecule has 6 heteroatoms. The van der Waals surface area contributed by atoms with Gasteiger partial charge in [0.05, 0.1) is 16.0 Å². The van der Waals surface area contributed by atoms with Gasteiger partial charge in [-0.1, -0.05) is 25.0 Å². The van der Waals surface area contributed by atoms with Gasteiger partial charge < -0.3 is 9.88 Å². The number of nitrogens with zero attached hydrogens (tertiary/aromatic N) is 2. The maximum Gasteiger partial charge on any atom is 0.231 e. The summed E-state index contributed by atoms with van der Waals surface area (Å²) in [5.74, 6) is 1.19. The second kappa shape index (κ2) is 7.37. The lowest BCUT2D eigenvalue weighted by atomic mass is 9.83. The average molecular weight is 386 g/mol. The standard InChI is InChI=1S/C20H23N3OS2/c1-23-14-15(16-6-4-12-25-16)22-18(23)8-11-21-19(24)20(9-2-3-10-20)17-7-5-13-26-17/h4-7,12-14H,2-3,8-11H2,1H3,(H,21,24). The first-order valence-electron chi connectivity index (χ1n) is 9.07. The number of carbonyl (C=O) groups excluding carboxylic acids is 1. The summed E-state index contributed by atoms with van der Waals surface area (Å²) < 4.78 is 2.06. The predicted molar refractivity (Wildman–Crippen MR) is 108 cm³/mol. The largest absolute Gasteiger partial charge is 0.355 e. The number of aryl methyl sites for hydroxylation is 1. The average Bonchev–Trinajstić information content (AvgIpc) is 3.42. The highest BCUT2D eigenvalue weighted by Gasteiger charge is 2.43. The molecule has 3 aromatic rings. The molecule has 1 aliphatic rings. The molecule has 1 aliphatic carbocycles. The summed E-state index contributed by atoms with van der Waals surface area (Å²) in [6, 6.07) is 8.29. The lowest BCUT2D eigenvalue weighted by Gasteiger charge is -2.26. The van der Waals surface area contributed by atoms with Crippen molar-refractivity contribution >= 4 is 28.6 Å². The third-order valence-corrected chi connectivity index (χ3v) is 7.23. The van der Waals surface area contributed by atoms with Crippen molar-refractivity contribution in [2.24, 2.45) is 7.05 Å². The Morgan fingerprint density at radius 3 is 2.69 bits per heavy atom. The van der Waals surface area contributed by atoms with Crippen LogP contribution in [0.15, 0.2) is 41.2 Å². The maximum atomic E-state index is 13.0. The van der Waals surface area contributed by atoms with Gasteiger partial charge in [0.2, 0.25) is 5.91 Å². The number of hydrogen-bond donors (Lipinski definition) is 1. The molecule has 0 spiro atoms. The Kier molecular flexibility index (Phi) is 4.96. The Bertz CT molecular complexity index is 859. The molecule has 0 radical (unpaired) electrons. The molecule has 3 aromatic heterocycles. The fraction of sp³-hybridized carbons (Fsp3) is 0.400. The van der Waals surface area contributed by atoms with Crippen LogP contribution in [0.5, 0.6) is 0 Å². The van der Waals surface area contributed by atoms with Crippen molar-refractivity contribution in [3.05, 3.63) is 51.9 Å². The highest BCUT2D eigenvalue weighted by molar-refractivity contribution is 7.13. The minimum Gasteiger partial charge on any atom is -0.355 e. The van der Waals surface area contributed by atoms with Gasteiger partial charge in [-0.3, -0.25) is 4.79 Å². The fourth-order valence-corrected chi connectivity index (χ4v) is 5.52. The molecular weight excluding hydrogens is 362 g/mol. The van der Waals surface area contributed by atoms with Gasteiger partial charge in [-0.05, 0) is 35.7 Å². The molecule has 4 nitrogen and oxygen atoms in total. The molecule has 0 aliphatic heterocycles. The molecule has 0 atom stereocenters. The zero-order valence-electron chi connectivity index (χ0n) is 14.9. The minimum atomic E-state index is -0.308. The molecule has 1 amide bonds. The first-order chi connectivity index (χ1) is 12.7. The van der Waals surface area contributed by atoms with Crippen LogP contribution in [0.3, 0.4) is 0 Å². The van der Waals surface area contributed by atoms with Crippen LogP contribution in [0.4, 0.5) is 0 Å². The Morgan fingerprint density at radius 1 is 1.23 bits per heavy atom. The van der Waals surface area contributed by atoms with Gasteiger partial charge in [-0.25, -0.2) is 4.98 Å². The van der Waals surface area contributed by atoms with Gasteiger partial charge >= 0.3 is 0 Å². The van der Waals surface area contributed by atoms with E-state index < -0.39 is 0 Å². The Morgan fingerprint density at radius 2 is 2.00 bits per heavy atom. The SMILES string of the molecule is Cn1cc(-c2cccs2)nc1CCNC(=O)C1(c2cccs2)CCCC1. The molecule has 1 saturated carbocycles. The highest BCUT2D eigenvalue weighted by atomic mass is 32.1. The Hall–Kier alpha value is -1.92. The third-order valence-electron chi connectivity index (χ3n) is 5.26. The zero-order chi connectivity index (χ0) is 18.0. The summed E-state index contributed by atoms with van der Waals surface area (Å²) >= 11 is 3.40. The minimum absolute atomic E-state index is 0.185. The third kappa shape index (κ3) is 3.23. The van der Waals surface area contributed by atoms with Gasteiger partial charge in [0, 0.05) is 31.1 Å². The fourth-order valence-electron chi connectivity index (χ4n) is 3.85. The van der Waals surface area contributed by atoms with Crippen molar-refractivity contribution in [3.63, 3.8) is 0 Å². The second-order valence-electron chi connectivity index (χ2n) is 6.90. The second-order valence-corrected chi connectivity index (χ2v) is 8.80. The van der Waals surface area contributed by atoms with Gasteiger partial charge in [0.15, 0.2) is 0 Å². The first kappa shape index (κ1) is 17.5. The van der Waals surface area contributed by atoms with Crippen LogP contribution in [-0.4, -0.2) is 22.0 Å². The van der Waals surface area contributed by atoms with Crippen LogP contribution in [0, 0.1) is 0 Å². The molecule has 0 saturated heterocycles.